The SMILES string of the molecule is CC1SC(=S)N(c2ccccc2N2C(=S)SC(C)C2C)C1C. The molecule has 2 fully saturated rings. The highest BCUT2D eigenvalue weighted by Crippen LogP contribution is 2.44. The Balaban J connectivity index is 2.05. The molecule has 118 valence electrons. The Kier molecular flexibility index (Phi) is 4.74. The monoisotopic (exact) mass is 368 g/mol. The largest absolute Gasteiger partial charge is 0.322 e. The minimum absolute atomic E-state index is 0.398. The zero-order chi connectivity index (χ0) is 16.0. The molecule has 1 aromatic carbocycles. The molecule has 0 N–H and O–H groups in total. The molecular formula is C16H20N2S4. The van der Waals surface area contributed by atoms with Crippen molar-refractivity contribution in [2.24, 2.45) is 0 Å². The molecule has 2 heterocycles. The molecule has 0 spiro atoms. The molecule has 0 saturated carbocycles. The fourth-order valence-corrected chi connectivity index (χ4v) is 6.36. The number of benzene rings is 1. The number of thioether (sulfide) groups is 2. The van der Waals surface area contributed by atoms with Crippen LogP contribution in [-0.4, -0.2) is 31.2 Å². The van der Waals surface area contributed by atoms with E-state index in [-0.39, 0.29) is 0 Å². The molecule has 6 heteroatoms. The quantitative estimate of drug-likeness (QED) is 0.679. The molecule has 2 saturated heterocycles. The van der Waals surface area contributed by atoms with Gasteiger partial charge in [0, 0.05) is 22.6 Å². The zero-order valence-electron chi connectivity index (χ0n) is 13.1. The summed E-state index contributed by atoms with van der Waals surface area (Å²) in [6, 6.07) is 9.30. The van der Waals surface area contributed by atoms with Crippen molar-refractivity contribution >= 4 is 68.0 Å². The van der Waals surface area contributed by atoms with Crippen LogP contribution in [0.15, 0.2) is 24.3 Å². The number of rotatable bonds is 2. The van der Waals surface area contributed by atoms with Crippen molar-refractivity contribution in [1.82, 2.24) is 0 Å². The number of hydrogen-bond acceptors (Lipinski definition) is 4. The Morgan fingerprint density at radius 1 is 0.773 bits per heavy atom. The van der Waals surface area contributed by atoms with Gasteiger partial charge in [-0.2, -0.15) is 0 Å². The van der Waals surface area contributed by atoms with Crippen LogP contribution in [-0.2, 0) is 0 Å². The molecule has 0 radical (unpaired) electrons. The first-order valence-electron chi connectivity index (χ1n) is 7.50. The van der Waals surface area contributed by atoms with E-state index in [1.54, 1.807) is 23.5 Å². The van der Waals surface area contributed by atoms with E-state index in [0.29, 0.717) is 22.6 Å². The van der Waals surface area contributed by atoms with Gasteiger partial charge in [0.25, 0.3) is 0 Å². The van der Waals surface area contributed by atoms with Gasteiger partial charge >= 0.3 is 0 Å². The lowest BCUT2D eigenvalue weighted by Gasteiger charge is -2.32. The van der Waals surface area contributed by atoms with Crippen LogP contribution < -0.4 is 9.80 Å². The summed E-state index contributed by atoms with van der Waals surface area (Å²) in [7, 11) is 0. The lowest BCUT2D eigenvalue weighted by Crippen LogP contribution is -2.37. The highest BCUT2D eigenvalue weighted by Gasteiger charge is 2.38. The summed E-state index contributed by atoms with van der Waals surface area (Å²) >= 11 is 14.8. The number of anilines is 2. The van der Waals surface area contributed by atoms with Crippen molar-refractivity contribution < 1.29 is 0 Å². The normalized spacial score (nSPS) is 32.2. The Labute approximate surface area is 152 Å². The molecule has 2 nitrogen and oxygen atoms in total. The van der Waals surface area contributed by atoms with E-state index in [2.05, 4.69) is 61.8 Å². The number of para-hydroxylation sites is 2. The van der Waals surface area contributed by atoms with Crippen LogP contribution >= 0.6 is 48.0 Å². The Morgan fingerprint density at radius 2 is 1.14 bits per heavy atom. The van der Waals surface area contributed by atoms with Crippen LogP contribution in [0, 0.1) is 0 Å². The predicted octanol–water partition coefficient (Wildman–Crippen LogP) is 4.92. The summed E-state index contributed by atoms with van der Waals surface area (Å²) in [5.41, 5.74) is 2.36. The van der Waals surface area contributed by atoms with Gasteiger partial charge in [0.15, 0.2) is 0 Å². The lowest BCUT2D eigenvalue weighted by atomic mass is 10.1. The van der Waals surface area contributed by atoms with Gasteiger partial charge < -0.3 is 9.80 Å². The second-order valence-corrected chi connectivity index (χ2v) is 9.91. The van der Waals surface area contributed by atoms with Crippen LogP contribution in [0.3, 0.4) is 0 Å². The van der Waals surface area contributed by atoms with Crippen LogP contribution in [0.4, 0.5) is 11.4 Å². The first-order chi connectivity index (χ1) is 10.4. The van der Waals surface area contributed by atoms with Crippen molar-refractivity contribution in [1.29, 1.82) is 0 Å². The van der Waals surface area contributed by atoms with E-state index in [9.17, 15) is 0 Å². The minimum atomic E-state index is 0.398. The summed E-state index contributed by atoms with van der Waals surface area (Å²) in [6.07, 6.45) is 0. The molecule has 22 heavy (non-hydrogen) atoms. The molecule has 4 unspecified atom stereocenters. The van der Waals surface area contributed by atoms with Crippen LogP contribution in [0.25, 0.3) is 0 Å². The molecule has 3 rings (SSSR count). The lowest BCUT2D eigenvalue weighted by molar-refractivity contribution is 0.724. The maximum absolute atomic E-state index is 5.63. The van der Waals surface area contributed by atoms with E-state index in [1.165, 1.54) is 11.4 Å². The van der Waals surface area contributed by atoms with Crippen LogP contribution in [0.1, 0.15) is 27.7 Å². The van der Waals surface area contributed by atoms with E-state index in [0.717, 1.165) is 8.64 Å². The topological polar surface area (TPSA) is 6.48 Å². The smallest absolute Gasteiger partial charge is 0.141 e. The Bertz CT molecular complexity index is 565. The van der Waals surface area contributed by atoms with E-state index in [1.807, 2.05) is 0 Å². The first kappa shape index (κ1) is 16.6. The maximum Gasteiger partial charge on any atom is 0.141 e. The van der Waals surface area contributed by atoms with Gasteiger partial charge in [-0.1, -0.05) is 73.9 Å². The van der Waals surface area contributed by atoms with Crippen molar-refractivity contribution in [3.05, 3.63) is 24.3 Å². The third-order valence-corrected chi connectivity index (χ3v) is 7.84. The van der Waals surface area contributed by atoms with Crippen LogP contribution in [0.5, 0.6) is 0 Å². The van der Waals surface area contributed by atoms with Crippen molar-refractivity contribution in [3.63, 3.8) is 0 Å². The molecule has 0 amide bonds. The molecule has 0 bridgehead atoms. The van der Waals surface area contributed by atoms with Gasteiger partial charge in [0.05, 0.1) is 11.4 Å². The Hall–Kier alpha value is -0.300. The van der Waals surface area contributed by atoms with Gasteiger partial charge in [-0.25, -0.2) is 0 Å². The number of thiocarbonyl (C=S) groups is 2. The maximum atomic E-state index is 5.63. The predicted molar refractivity (Wildman–Crippen MR) is 110 cm³/mol. The molecule has 0 aromatic heterocycles. The van der Waals surface area contributed by atoms with Gasteiger partial charge in [-0.3, -0.25) is 0 Å². The third kappa shape index (κ3) is 2.68. The second kappa shape index (κ2) is 6.30. The highest BCUT2D eigenvalue weighted by molar-refractivity contribution is 8.24. The average molecular weight is 369 g/mol. The summed E-state index contributed by atoms with van der Waals surface area (Å²) in [5, 5.41) is 1.02. The standard InChI is InChI=1S/C16H20N2S4/c1-9-11(3)21-15(19)17(9)13-7-5-6-8-14(13)18-10(2)12(4)22-16(18)20/h5-12H,1-4H3. The molecule has 2 aliphatic heterocycles. The third-order valence-electron chi connectivity index (χ3n) is 4.54. The average Bonchev–Trinajstić information content (AvgIpc) is 2.87. The van der Waals surface area contributed by atoms with Crippen molar-refractivity contribution in [3.8, 4) is 0 Å². The molecule has 1 aromatic rings. The molecular weight excluding hydrogens is 348 g/mol. The zero-order valence-corrected chi connectivity index (χ0v) is 16.4. The highest BCUT2D eigenvalue weighted by atomic mass is 32.2. The van der Waals surface area contributed by atoms with Crippen molar-refractivity contribution in [2.45, 2.75) is 50.3 Å². The molecule has 4 atom stereocenters. The van der Waals surface area contributed by atoms with E-state index >= 15 is 0 Å². The summed E-state index contributed by atoms with van der Waals surface area (Å²) in [4.78, 5) is 4.59. The van der Waals surface area contributed by atoms with Gasteiger partial charge in [0.1, 0.15) is 8.64 Å². The molecule has 2 aliphatic rings. The van der Waals surface area contributed by atoms with Gasteiger partial charge in [0.2, 0.25) is 0 Å². The fourth-order valence-electron chi connectivity index (χ4n) is 2.89. The van der Waals surface area contributed by atoms with Gasteiger partial charge in [-0.15, -0.1) is 0 Å². The summed E-state index contributed by atoms with van der Waals surface area (Å²) in [6.45, 7) is 8.98. The fraction of sp³-hybridized carbons (Fsp3) is 0.500. The summed E-state index contributed by atoms with van der Waals surface area (Å²) in [5.74, 6) is 0. The molecule has 0 aliphatic carbocycles. The Morgan fingerprint density at radius 3 is 1.41 bits per heavy atom. The van der Waals surface area contributed by atoms with E-state index < -0.39 is 0 Å². The summed E-state index contributed by atoms with van der Waals surface area (Å²) < 4.78 is 1.93. The van der Waals surface area contributed by atoms with Crippen LogP contribution in [0.2, 0.25) is 0 Å². The van der Waals surface area contributed by atoms with Crippen molar-refractivity contribution in [2.75, 3.05) is 9.80 Å². The number of hydrogen-bond donors (Lipinski definition) is 0. The second-order valence-electron chi connectivity index (χ2n) is 5.89. The number of nitrogens with zero attached hydrogens (tertiary/aromatic N) is 2. The van der Waals surface area contributed by atoms with Gasteiger partial charge in [-0.05, 0) is 26.0 Å². The first-order valence-corrected chi connectivity index (χ1v) is 10.1. The minimum Gasteiger partial charge on any atom is -0.322 e. The van der Waals surface area contributed by atoms with E-state index in [4.69, 9.17) is 24.4 Å².